The minimum absolute atomic E-state index is 0.150. The van der Waals surface area contributed by atoms with E-state index in [0.717, 1.165) is 31.7 Å². The van der Waals surface area contributed by atoms with E-state index >= 15 is 0 Å². The van der Waals surface area contributed by atoms with Crippen molar-refractivity contribution in [3.8, 4) is 0 Å². The number of piperidine rings is 1. The van der Waals surface area contributed by atoms with Crippen molar-refractivity contribution in [1.82, 2.24) is 4.98 Å². The molecule has 1 saturated heterocycles. The molecule has 1 fully saturated rings. The molecule has 4 nitrogen and oxygen atoms in total. The molecule has 0 unspecified atom stereocenters. The fraction of sp³-hybridized carbons (Fsp3) is 0.500. The highest BCUT2D eigenvalue weighted by Gasteiger charge is 2.33. The fourth-order valence-electron chi connectivity index (χ4n) is 2.05. The van der Waals surface area contributed by atoms with E-state index in [4.69, 9.17) is 22.7 Å². The summed E-state index contributed by atoms with van der Waals surface area (Å²) in [5.74, 6) is 1.24. The van der Waals surface area contributed by atoms with Gasteiger partial charge in [-0.15, -0.1) is 0 Å². The molecule has 1 aliphatic rings. The van der Waals surface area contributed by atoms with Crippen molar-refractivity contribution < 1.29 is 0 Å². The summed E-state index contributed by atoms with van der Waals surface area (Å²) in [5.41, 5.74) is 5.49. The minimum Gasteiger partial charge on any atom is -0.387 e. The maximum atomic E-state index is 7.61. The third kappa shape index (κ3) is 2.52. The van der Waals surface area contributed by atoms with Gasteiger partial charge in [0.2, 0.25) is 0 Å². The van der Waals surface area contributed by atoms with E-state index in [1.165, 1.54) is 0 Å². The van der Waals surface area contributed by atoms with Gasteiger partial charge in [-0.25, -0.2) is 4.98 Å². The second-order valence-electron chi connectivity index (χ2n) is 4.80. The Morgan fingerprint density at radius 1 is 1.47 bits per heavy atom. The van der Waals surface area contributed by atoms with Crippen molar-refractivity contribution >= 4 is 23.3 Å². The summed E-state index contributed by atoms with van der Waals surface area (Å²) >= 11 is 5.81. The molecule has 2 rings (SSSR count). The molecular weight excluding hydrogens is 236 g/mol. The van der Waals surface area contributed by atoms with E-state index < -0.39 is 0 Å². The number of anilines is 1. The Morgan fingerprint density at radius 3 is 2.59 bits per heavy atom. The molecule has 0 atom stereocenters. The van der Waals surface area contributed by atoms with Crippen molar-refractivity contribution in [2.75, 3.05) is 18.0 Å². The van der Waals surface area contributed by atoms with Gasteiger partial charge in [-0.3, -0.25) is 5.41 Å². The van der Waals surface area contributed by atoms with Crippen molar-refractivity contribution in [1.29, 1.82) is 5.41 Å². The van der Waals surface area contributed by atoms with Crippen molar-refractivity contribution in [3.63, 3.8) is 0 Å². The summed E-state index contributed by atoms with van der Waals surface area (Å²) in [5, 5.41) is 8.26. The number of amidine groups is 1. The zero-order chi connectivity index (χ0) is 12.5. The second kappa shape index (κ2) is 4.53. The fourth-order valence-corrected chi connectivity index (χ4v) is 2.17. The lowest BCUT2D eigenvalue weighted by Gasteiger charge is -2.39. The molecule has 0 bridgehead atoms. The number of nitrogens with zero attached hydrogens (tertiary/aromatic N) is 2. The van der Waals surface area contributed by atoms with Gasteiger partial charge in [0.1, 0.15) is 5.82 Å². The number of hydrogen-bond donors (Lipinski definition) is 2. The third-order valence-corrected chi connectivity index (χ3v) is 3.78. The molecule has 0 aromatic carbocycles. The van der Waals surface area contributed by atoms with Gasteiger partial charge in [0, 0.05) is 24.7 Å². The molecule has 0 saturated carbocycles. The topological polar surface area (TPSA) is 66.0 Å². The standard InChI is InChI=1S/C12H17ClN4/c1-12(11(14)15)4-6-17(7-5-12)10-3-2-9(13)8-16-10/h2-3,8H,4-7H2,1H3,(H3,14,15). The molecule has 3 N–H and O–H groups in total. The van der Waals surface area contributed by atoms with E-state index in [1.54, 1.807) is 6.20 Å². The summed E-state index contributed by atoms with van der Waals surface area (Å²) in [4.78, 5) is 6.51. The first kappa shape index (κ1) is 12.2. The van der Waals surface area contributed by atoms with Crippen LogP contribution >= 0.6 is 11.6 Å². The number of halogens is 1. The zero-order valence-corrected chi connectivity index (χ0v) is 10.7. The van der Waals surface area contributed by atoms with E-state index in [1.807, 2.05) is 12.1 Å². The molecule has 17 heavy (non-hydrogen) atoms. The average molecular weight is 253 g/mol. The first-order valence-corrected chi connectivity index (χ1v) is 6.10. The van der Waals surface area contributed by atoms with Crippen LogP contribution < -0.4 is 10.6 Å². The summed E-state index contributed by atoms with van der Waals surface area (Å²) in [6, 6.07) is 3.78. The first-order valence-electron chi connectivity index (χ1n) is 5.72. The average Bonchev–Trinajstić information content (AvgIpc) is 2.31. The zero-order valence-electron chi connectivity index (χ0n) is 9.91. The van der Waals surface area contributed by atoms with Crippen LogP contribution in [0.15, 0.2) is 18.3 Å². The molecule has 5 heteroatoms. The summed E-state index contributed by atoms with van der Waals surface area (Å²) in [6.07, 6.45) is 3.45. The van der Waals surface area contributed by atoms with Crippen LogP contribution in [0.25, 0.3) is 0 Å². The SMILES string of the molecule is CC1(C(=N)N)CCN(c2ccc(Cl)cn2)CC1. The van der Waals surface area contributed by atoms with Gasteiger partial charge in [0.15, 0.2) is 0 Å². The second-order valence-corrected chi connectivity index (χ2v) is 5.23. The van der Waals surface area contributed by atoms with Gasteiger partial charge in [-0.2, -0.15) is 0 Å². The van der Waals surface area contributed by atoms with Crippen LogP contribution in [0.3, 0.4) is 0 Å². The summed E-state index contributed by atoms with van der Waals surface area (Å²) in [7, 11) is 0. The summed E-state index contributed by atoms with van der Waals surface area (Å²) in [6.45, 7) is 3.82. The Morgan fingerprint density at radius 2 is 2.12 bits per heavy atom. The highest BCUT2D eigenvalue weighted by Crippen LogP contribution is 2.32. The van der Waals surface area contributed by atoms with Crippen LogP contribution in [0, 0.1) is 10.8 Å². The molecule has 0 radical (unpaired) electrons. The van der Waals surface area contributed by atoms with Crippen LogP contribution in [0.1, 0.15) is 19.8 Å². The van der Waals surface area contributed by atoms with Gasteiger partial charge >= 0.3 is 0 Å². The van der Waals surface area contributed by atoms with E-state index in [-0.39, 0.29) is 5.41 Å². The predicted octanol–water partition coefficient (Wildman–Crippen LogP) is 2.28. The lowest BCUT2D eigenvalue weighted by Crippen LogP contribution is -2.45. The molecule has 2 heterocycles. The highest BCUT2D eigenvalue weighted by molar-refractivity contribution is 6.30. The Labute approximate surface area is 106 Å². The van der Waals surface area contributed by atoms with Crippen LogP contribution in [0.2, 0.25) is 5.02 Å². The van der Waals surface area contributed by atoms with Crippen LogP contribution in [-0.4, -0.2) is 23.9 Å². The third-order valence-electron chi connectivity index (χ3n) is 3.55. The predicted molar refractivity (Wildman–Crippen MR) is 70.7 cm³/mol. The molecule has 92 valence electrons. The number of pyridine rings is 1. The van der Waals surface area contributed by atoms with Crippen LogP contribution in [0.4, 0.5) is 5.82 Å². The molecule has 1 aromatic heterocycles. The van der Waals surface area contributed by atoms with E-state index in [2.05, 4.69) is 16.8 Å². The van der Waals surface area contributed by atoms with Crippen molar-refractivity contribution in [3.05, 3.63) is 23.4 Å². The van der Waals surface area contributed by atoms with E-state index in [0.29, 0.717) is 10.9 Å². The lowest BCUT2D eigenvalue weighted by atomic mass is 9.79. The highest BCUT2D eigenvalue weighted by atomic mass is 35.5. The molecule has 0 aliphatic carbocycles. The first-order chi connectivity index (χ1) is 8.01. The number of rotatable bonds is 2. The van der Waals surface area contributed by atoms with Gasteiger partial charge < -0.3 is 10.6 Å². The molecule has 1 aliphatic heterocycles. The quantitative estimate of drug-likeness (QED) is 0.627. The smallest absolute Gasteiger partial charge is 0.128 e. The Hall–Kier alpha value is -1.29. The Kier molecular flexibility index (Phi) is 3.24. The van der Waals surface area contributed by atoms with Gasteiger partial charge in [0.25, 0.3) is 0 Å². The van der Waals surface area contributed by atoms with Gasteiger partial charge in [-0.1, -0.05) is 18.5 Å². The van der Waals surface area contributed by atoms with E-state index in [9.17, 15) is 0 Å². The lowest BCUT2D eigenvalue weighted by molar-refractivity contribution is 0.350. The molecule has 1 aromatic rings. The van der Waals surface area contributed by atoms with Gasteiger partial charge in [0.05, 0.1) is 10.9 Å². The number of hydrogen-bond acceptors (Lipinski definition) is 3. The number of aromatic nitrogens is 1. The van der Waals surface area contributed by atoms with Crippen molar-refractivity contribution in [2.24, 2.45) is 11.1 Å². The number of nitrogens with two attached hydrogens (primary N) is 1. The Bertz CT molecular complexity index is 407. The minimum atomic E-state index is -0.150. The summed E-state index contributed by atoms with van der Waals surface area (Å²) < 4.78 is 0. The van der Waals surface area contributed by atoms with Crippen LogP contribution in [0.5, 0.6) is 0 Å². The Balaban J connectivity index is 2.04. The molecule has 0 amide bonds. The largest absolute Gasteiger partial charge is 0.387 e. The molecular formula is C12H17ClN4. The number of nitrogens with one attached hydrogen (secondary N) is 1. The monoisotopic (exact) mass is 252 g/mol. The maximum Gasteiger partial charge on any atom is 0.128 e. The van der Waals surface area contributed by atoms with Crippen molar-refractivity contribution in [2.45, 2.75) is 19.8 Å². The molecule has 0 spiro atoms. The van der Waals surface area contributed by atoms with Gasteiger partial charge in [-0.05, 0) is 25.0 Å². The maximum absolute atomic E-state index is 7.61. The normalized spacial score (nSPS) is 19.1. The van der Waals surface area contributed by atoms with Crippen LogP contribution in [-0.2, 0) is 0 Å².